The van der Waals surface area contributed by atoms with Gasteiger partial charge in [-0.25, -0.2) is 9.18 Å². The maximum atomic E-state index is 13.3. The molecule has 3 rings (SSSR count). The van der Waals surface area contributed by atoms with Gasteiger partial charge in [-0.1, -0.05) is 12.1 Å². The SMILES string of the molecule is CN1C(=O)N[C@](C)([C@@H]2CCCN(C[C@@H](O)c3cccc(F)c3)C2)C1=O. The molecule has 0 aliphatic carbocycles. The van der Waals surface area contributed by atoms with Crippen LogP contribution in [0.25, 0.3) is 0 Å². The molecule has 0 aromatic heterocycles. The Balaban J connectivity index is 1.67. The van der Waals surface area contributed by atoms with Gasteiger partial charge in [-0.3, -0.25) is 9.69 Å². The second-order valence-electron chi connectivity index (χ2n) is 7.17. The molecule has 2 fully saturated rings. The van der Waals surface area contributed by atoms with Crippen molar-refractivity contribution in [3.63, 3.8) is 0 Å². The zero-order valence-corrected chi connectivity index (χ0v) is 14.5. The summed E-state index contributed by atoms with van der Waals surface area (Å²) in [5, 5.41) is 13.2. The summed E-state index contributed by atoms with van der Waals surface area (Å²) in [6, 6.07) is 5.59. The summed E-state index contributed by atoms with van der Waals surface area (Å²) in [5.41, 5.74) is -0.368. The second kappa shape index (κ2) is 6.72. The summed E-state index contributed by atoms with van der Waals surface area (Å²) in [7, 11) is 1.48. The van der Waals surface area contributed by atoms with Crippen LogP contribution in [0.5, 0.6) is 0 Å². The molecule has 1 aromatic carbocycles. The van der Waals surface area contributed by atoms with Crippen LogP contribution in [0.3, 0.4) is 0 Å². The van der Waals surface area contributed by atoms with Crippen molar-refractivity contribution in [3.8, 4) is 0 Å². The molecule has 6 nitrogen and oxygen atoms in total. The number of aliphatic hydroxyl groups is 1. The number of nitrogens with zero attached hydrogens (tertiary/aromatic N) is 2. The minimum atomic E-state index is -0.908. The van der Waals surface area contributed by atoms with Gasteiger partial charge >= 0.3 is 6.03 Å². The van der Waals surface area contributed by atoms with Crippen LogP contribution >= 0.6 is 0 Å². The molecule has 2 heterocycles. The molecule has 25 heavy (non-hydrogen) atoms. The van der Waals surface area contributed by atoms with Crippen molar-refractivity contribution in [2.75, 3.05) is 26.7 Å². The number of halogens is 1. The lowest BCUT2D eigenvalue weighted by atomic mass is 9.80. The Labute approximate surface area is 146 Å². The number of aliphatic hydroxyl groups excluding tert-OH is 1. The summed E-state index contributed by atoms with van der Waals surface area (Å²) >= 11 is 0. The molecule has 7 heteroatoms. The third-order valence-electron chi connectivity index (χ3n) is 5.41. The Morgan fingerprint density at radius 1 is 1.44 bits per heavy atom. The van der Waals surface area contributed by atoms with E-state index in [4.69, 9.17) is 0 Å². The quantitative estimate of drug-likeness (QED) is 0.809. The zero-order chi connectivity index (χ0) is 18.2. The molecule has 0 unspecified atom stereocenters. The van der Waals surface area contributed by atoms with Crippen molar-refractivity contribution in [1.29, 1.82) is 0 Å². The molecule has 3 atom stereocenters. The number of likely N-dealkylation sites (N-methyl/N-ethyl adjacent to an activating group) is 1. The first kappa shape index (κ1) is 17.8. The normalized spacial score (nSPS) is 29.0. The van der Waals surface area contributed by atoms with E-state index >= 15 is 0 Å². The van der Waals surface area contributed by atoms with Crippen molar-refractivity contribution in [2.24, 2.45) is 5.92 Å². The average Bonchev–Trinajstić information content (AvgIpc) is 2.79. The lowest BCUT2D eigenvalue weighted by Crippen LogP contribution is -2.56. The summed E-state index contributed by atoms with van der Waals surface area (Å²) < 4.78 is 13.3. The minimum Gasteiger partial charge on any atom is -0.387 e. The largest absolute Gasteiger partial charge is 0.387 e. The van der Waals surface area contributed by atoms with Crippen molar-refractivity contribution < 1.29 is 19.1 Å². The number of benzene rings is 1. The lowest BCUT2D eigenvalue weighted by Gasteiger charge is -2.40. The van der Waals surface area contributed by atoms with Crippen LogP contribution < -0.4 is 5.32 Å². The molecule has 2 saturated heterocycles. The minimum absolute atomic E-state index is 0.0256. The lowest BCUT2D eigenvalue weighted by molar-refractivity contribution is -0.132. The van der Waals surface area contributed by atoms with Gasteiger partial charge in [-0.2, -0.15) is 0 Å². The van der Waals surface area contributed by atoms with Crippen LogP contribution in [0, 0.1) is 11.7 Å². The smallest absolute Gasteiger partial charge is 0.324 e. The molecule has 136 valence electrons. The standard InChI is InChI=1S/C18H24FN3O3/c1-18(16(24)21(2)17(25)20-18)13-6-4-8-22(10-13)11-15(23)12-5-3-7-14(19)9-12/h3,5,7,9,13,15,23H,4,6,8,10-11H2,1-2H3,(H,20,25)/t13-,15-,18-/m1/s1. The number of rotatable bonds is 4. The molecule has 0 radical (unpaired) electrons. The fourth-order valence-electron chi connectivity index (χ4n) is 3.83. The third kappa shape index (κ3) is 3.39. The zero-order valence-electron chi connectivity index (χ0n) is 14.5. The number of nitrogens with one attached hydrogen (secondary N) is 1. The highest BCUT2D eigenvalue weighted by molar-refractivity contribution is 6.06. The first-order chi connectivity index (χ1) is 11.8. The molecule has 2 N–H and O–H groups in total. The monoisotopic (exact) mass is 349 g/mol. The Bertz CT molecular complexity index is 683. The summed E-state index contributed by atoms with van der Waals surface area (Å²) in [6.07, 6.45) is 0.921. The van der Waals surface area contributed by atoms with Crippen LogP contribution in [-0.4, -0.2) is 59.1 Å². The van der Waals surface area contributed by atoms with E-state index in [0.717, 1.165) is 24.3 Å². The van der Waals surface area contributed by atoms with E-state index in [1.165, 1.54) is 19.2 Å². The number of hydrogen-bond donors (Lipinski definition) is 2. The van der Waals surface area contributed by atoms with Crippen molar-refractivity contribution in [2.45, 2.75) is 31.4 Å². The van der Waals surface area contributed by atoms with Crippen LogP contribution in [0.15, 0.2) is 24.3 Å². The number of carbonyl (C=O) groups is 2. The first-order valence-corrected chi connectivity index (χ1v) is 8.57. The first-order valence-electron chi connectivity index (χ1n) is 8.57. The molecular weight excluding hydrogens is 325 g/mol. The Morgan fingerprint density at radius 3 is 2.84 bits per heavy atom. The Morgan fingerprint density at radius 2 is 2.20 bits per heavy atom. The van der Waals surface area contributed by atoms with Crippen molar-refractivity contribution in [1.82, 2.24) is 15.1 Å². The van der Waals surface area contributed by atoms with Crippen LogP contribution in [-0.2, 0) is 4.79 Å². The van der Waals surface area contributed by atoms with Gasteiger partial charge < -0.3 is 15.3 Å². The topological polar surface area (TPSA) is 72.9 Å². The summed E-state index contributed by atoms with van der Waals surface area (Å²) in [4.78, 5) is 27.5. The van der Waals surface area contributed by atoms with Crippen LogP contribution in [0.2, 0.25) is 0 Å². The van der Waals surface area contributed by atoms with E-state index in [-0.39, 0.29) is 23.7 Å². The number of imide groups is 1. The number of urea groups is 1. The fourth-order valence-corrected chi connectivity index (χ4v) is 3.83. The second-order valence-corrected chi connectivity index (χ2v) is 7.17. The highest BCUT2D eigenvalue weighted by Crippen LogP contribution is 2.32. The van der Waals surface area contributed by atoms with E-state index in [1.54, 1.807) is 19.1 Å². The molecule has 0 spiro atoms. The third-order valence-corrected chi connectivity index (χ3v) is 5.41. The van der Waals surface area contributed by atoms with Crippen LogP contribution in [0.1, 0.15) is 31.4 Å². The number of amides is 3. The maximum absolute atomic E-state index is 13.3. The van der Waals surface area contributed by atoms with Gasteiger partial charge in [-0.05, 0) is 44.0 Å². The molecule has 1 aromatic rings. The van der Waals surface area contributed by atoms with Gasteiger partial charge in [0.1, 0.15) is 11.4 Å². The van der Waals surface area contributed by atoms with E-state index in [2.05, 4.69) is 10.2 Å². The number of hydrogen-bond acceptors (Lipinski definition) is 4. The highest BCUT2D eigenvalue weighted by Gasteiger charge is 2.51. The molecule has 0 bridgehead atoms. The van der Waals surface area contributed by atoms with Gasteiger partial charge in [-0.15, -0.1) is 0 Å². The number of β-amino-alcohol motifs (C(OH)–C–C–N with tert-alkyl or cyclic N) is 1. The summed E-state index contributed by atoms with van der Waals surface area (Å²) in [6.45, 7) is 3.54. The van der Waals surface area contributed by atoms with Gasteiger partial charge in [0.25, 0.3) is 5.91 Å². The highest BCUT2D eigenvalue weighted by atomic mass is 19.1. The summed E-state index contributed by atoms with van der Waals surface area (Å²) in [5.74, 6) is -0.611. The van der Waals surface area contributed by atoms with E-state index in [9.17, 15) is 19.1 Å². The van der Waals surface area contributed by atoms with Crippen molar-refractivity contribution >= 4 is 11.9 Å². The number of likely N-dealkylation sites (tertiary alicyclic amines) is 1. The van der Waals surface area contributed by atoms with E-state index < -0.39 is 11.6 Å². The molecule has 0 saturated carbocycles. The predicted molar refractivity (Wildman–Crippen MR) is 90.2 cm³/mol. The number of piperidine rings is 1. The van der Waals surface area contributed by atoms with Crippen LogP contribution in [0.4, 0.5) is 9.18 Å². The van der Waals surface area contributed by atoms with Gasteiger partial charge in [0.2, 0.25) is 0 Å². The van der Waals surface area contributed by atoms with Gasteiger partial charge in [0, 0.05) is 26.1 Å². The Kier molecular flexibility index (Phi) is 4.79. The molecule has 2 aliphatic heterocycles. The molecular formula is C18H24FN3O3. The van der Waals surface area contributed by atoms with E-state index in [1.807, 2.05) is 0 Å². The predicted octanol–water partition coefficient (Wildman–Crippen LogP) is 1.51. The fraction of sp³-hybridized carbons (Fsp3) is 0.556. The average molecular weight is 349 g/mol. The van der Waals surface area contributed by atoms with Gasteiger partial charge in [0.15, 0.2) is 0 Å². The Hall–Kier alpha value is -1.99. The maximum Gasteiger partial charge on any atom is 0.324 e. The van der Waals surface area contributed by atoms with Gasteiger partial charge in [0.05, 0.1) is 6.10 Å². The molecule has 2 aliphatic rings. The molecule has 3 amide bonds. The van der Waals surface area contributed by atoms with E-state index in [0.29, 0.717) is 18.7 Å². The number of carbonyl (C=O) groups excluding carboxylic acids is 2. The van der Waals surface area contributed by atoms with Crippen molar-refractivity contribution in [3.05, 3.63) is 35.6 Å².